The van der Waals surface area contributed by atoms with Crippen molar-refractivity contribution in [1.82, 2.24) is 0 Å². The van der Waals surface area contributed by atoms with E-state index in [-0.39, 0.29) is 28.7 Å². The molecule has 0 amide bonds. The molecular formula is C7H9BrO3. The van der Waals surface area contributed by atoms with Crippen molar-refractivity contribution in [2.45, 2.75) is 17.4 Å². The summed E-state index contributed by atoms with van der Waals surface area (Å²) in [4.78, 5) is 11.0. The minimum absolute atomic E-state index is 0.0407. The lowest BCUT2D eigenvalue weighted by Crippen LogP contribution is -2.20. The number of hydrogen-bond donors (Lipinski definition) is 1. The van der Waals surface area contributed by atoms with Gasteiger partial charge in [-0.15, -0.1) is 0 Å². The highest BCUT2D eigenvalue weighted by Gasteiger charge is 2.49. The van der Waals surface area contributed by atoms with Crippen molar-refractivity contribution in [3.63, 3.8) is 0 Å². The molecule has 62 valence electrons. The molecule has 2 fully saturated rings. The lowest BCUT2D eigenvalue weighted by molar-refractivity contribution is -0.141. The van der Waals surface area contributed by atoms with E-state index < -0.39 is 0 Å². The van der Waals surface area contributed by atoms with Crippen LogP contribution in [0.25, 0.3) is 0 Å². The first-order chi connectivity index (χ1) is 5.20. The first-order valence-corrected chi connectivity index (χ1v) is 4.60. The summed E-state index contributed by atoms with van der Waals surface area (Å²) >= 11 is 3.36. The quantitative estimate of drug-likeness (QED) is 0.472. The SMILES string of the molecule is O=C1OC[C@@H]2[C@@H](Br)[C@H](O)C[C@H]12. The Balaban J connectivity index is 2.18. The molecule has 1 N–H and O–H groups in total. The number of halogens is 1. The summed E-state index contributed by atoms with van der Waals surface area (Å²) in [5.41, 5.74) is 0. The molecule has 4 atom stereocenters. The van der Waals surface area contributed by atoms with Crippen LogP contribution in [0, 0.1) is 11.8 Å². The van der Waals surface area contributed by atoms with E-state index in [4.69, 9.17) is 4.74 Å². The molecule has 1 saturated heterocycles. The van der Waals surface area contributed by atoms with E-state index in [0.29, 0.717) is 13.0 Å². The van der Waals surface area contributed by atoms with Crippen LogP contribution < -0.4 is 0 Å². The maximum Gasteiger partial charge on any atom is 0.309 e. The van der Waals surface area contributed by atoms with E-state index in [0.717, 1.165) is 0 Å². The molecule has 0 aromatic heterocycles. The summed E-state index contributed by atoms with van der Waals surface area (Å²) in [5.74, 6) is -0.0112. The van der Waals surface area contributed by atoms with Crippen LogP contribution in [0.15, 0.2) is 0 Å². The van der Waals surface area contributed by atoms with Gasteiger partial charge in [0.15, 0.2) is 0 Å². The second-order valence-electron chi connectivity index (χ2n) is 3.15. The zero-order valence-electron chi connectivity index (χ0n) is 5.87. The molecule has 0 aromatic rings. The van der Waals surface area contributed by atoms with Crippen molar-refractivity contribution in [2.24, 2.45) is 11.8 Å². The highest BCUT2D eigenvalue weighted by molar-refractivity contribution is 9.09. The van der Waals surface area contributed by atoms with Gasteiger partial charge in [-0.2, -0.15) is 0 Å². The summed E-state index contributed by atoms with van der Waals surface area (Å²) in [6.07, 6.45) is 0.178. The lowest BCUT2D eigenvalue weighted by atomic mass is 10.0. The van der Waals surface area contributed by atoms with Crippen molar-refractivity contribution >= 4 is 21.9 Å². The molecule has 0 bridgehead atoms. The fourth-order valence-corrected chi connectivity index (χ4v) is 2.57. The Morgan fingerprint density at radius 2 is 2.36 bits per heavy atom. The predicted molar refractivity (Wildman–Crippen MR) is 41.3 cm³/mol. The number of esters is 1. The number of aliphatic hydroxyl groups excluding tert-OH is 1. The molecule has 1 saturated carbocycles. The van der Waals surface area contributed by atoms with E-state index in [9.17, 15) is 9.90 Å². The second-order valence-corrected chi connectivity index (χ2v) is 4.21. The highest BCUT2D eigenvalue weighted by Crippen LogP contribution is 2.41. The Labute approximate surface area is 72.9 Å². The van der Waals surface area contributed by atoms with Gasteiger partial charge < -0.3 is 9.84 Å². The fourth-order valence-electron chi connectivity index (χ4n) is 1.84. The Morgan fingerprint density at radius 3 is 3.00 bits per heavy atom. The van der Waals surface area contributed by atoms with Gasteiger partial charge in [0, 0.05) is 10.7 Å². The largest absolute Gasteiger partial charge is 0.465 e. The average molecular weight is 221 g/mol. The van der Waals surface area contributed by atoms with Gasteiger partial charge in [-0.1, -0.05) is 15.9 Å². The molecule has 2 aliphatic rings. The van der Waals surface area contributed by atoms with Crippen LogP contribution in [-0.2, 0) is 9.53 Å². The van der Waals surface area contributed by atoms with Crippen LogP contribution in [0.3, 0.4) is 0 Å². The minimum atomic E-state index is -0.377. The maximum atomic E-state index is 11.0. The third-order valence-electron chi connectivity index (χ3n) is 2.51. The van der Waals surface area contributed by atoms with Gasteiger partial charge in [-0.05, 0) is 6.42 Å². The van der Waals surface area contributed by atoms with E-state index in [1.54, 1.807) is 0 Å². The Kier molecular flexibility index (Phi) is 1.68. The van der Waals surface area contributed by atoms with Crippen molar-refractivity contribution in [3.8, 4) is 0 Å². The molecule has 0 unspecified atom stereocenters. The van der Waals surface area contributed by atoms with Crippen LogP contribution in [0.5, 0.6) is 0 Å². The zero-order valence-corrected chi connectivity index (χ0v) is 7.45. The van der Waals surface area contributed by atoms with Gasteiger partial charge in [0.25, 0.3) is 0 Å². The summed E-state index contributed by atoms with van der Waals surface area (Å²) in [5, 5.41) is 9.37. The number of carbonyl (C=O) groups excluding carboxylic acids is 1. The van der Waals surface area contributed by atoms with Crippen molar-refractivity contribution in [2.75, 3.05) is 6.61 Å². The summed E-state index contributed by atoms with van der Waals surface area (Å²) in [7, 11) is 0. The minimum Gasteiger partial charge on any atom is -0.465 e. The van der Waals surface area contributed by atoms with Gasteiger partial charge in [-0.25, -0.2) is 0 Å². The first-order valence-electron chi connectivity index (χ1n) is 3.69. The third kappa shape index (κ3) is 0.999. The predicted octanol–water partition coefficient (Wildman–Crippen LogP) is 0.304. The Hall–Kier alpha value is -0.0900. The van der Waals surface area contributed by atoms with Gasteiger partial charge in [0.1, 0.15) is 0 Å². The molecule has 1 aliphatic heterocycles. The van der Waals surface area contributed by atoms with Gasteiger partial charge >= 0.3 is 5.97 Å². The van der Waals surface area contributed by atoms with Gasteiger partial charge in [0.2, 0.25) is 0 Å². The standard InChI is InChI=1S/C7H9BrO3/c8-6-4-2-11-7(10)3(4)1-5(6)9/h3-6,9H,1-2H2/t3-,4-,5+,6+/m0/s1. The number of aliphatic hydroxyl groups is 1. The Morgan fingerprint density at radius 1 is 1.64 bits per heavy atom. The Bertz CT molecular complexity index is 194. The number of carbonyl (C=O) groups is 1. The smallest absolute Gasteiger partial charge is 0.309 e. The normalized spacial score (nSPS) is 49.1. The fraction of sp³-hybridized carbons (Fsp3) is 0.857. The second kappa shape index (κ2) is 2.45. The van der Waals surface area contributed by atoms with Crippen molar-refractivity contribution < 1.29 is 14.6 Å². The summed E-state index contributed by atoms with van der Waals surface area (Å²) in [6.45, 7) is 0.469. The average Bonchev–Trinajstić information content (AvgIpc) is 2.43. The number of fused-ring (bicyclic) bond motifs is 1. The monoisotopic (exact) mass is 220 g/mol. The van der Waals surface area contributed by atoms with Crippen LogP contribution in [0.2, 0.25) is 0 Å². The lowest BCUT2D eigenvalue weighted by Gasteiger charge is -2.10. The number of alkyl halides is 1. The third-order valence-corrected chi connectivity index (χ3v) is 3.80. The van der Waals surface area contributed by atoms with E-state index in [1.165, 1.54) is 0 Å². The molecular weight excluding hydrogens is 212 g/mol. The van der Waals surface area contributed by atoms with Crippen molar-refractivity contribution in [3.05, 3.63) is 0 Å². The number of ether oxygens (including phenoxy) is 1. The summed E-state index contributed by atoms with van der Waals surface area (Å²) in [6, 6.07) is 0. The molecule has 3 nitrogen and oxygen atoms in total. The van der Waals surface area contributed by atoms with Crippen LogP contribution in [-0.4, -0.2) is 28.6 Å². The van der Waals surface area contributed by atoms with E-state index in [1.807, 2.05) is 0 Å². The van der Waals surface area contributed by atoms with Gasteiger partial charge in [-0.3, -0.25) is 4.79 Å². The molecule has 1 heterocycles. The summed E-state index contributed by atoms with van der Waals surface area (Å²) < 4.78 is 4.86. The van der Waals surface area contributed by atoms with Crippen molar-refractivity contribution in [1.29, 1.82) is 0 Å². The maximum absolute atomic E-state index is 11.0. The molecule has 0 aromatic carbocycles. The number of cyclic esters (lactones) is 1. The number of hydrogen-bond acceptors (Lipinski definition) is 3. The molecule has 0 spiro atoms. The molecule has 2 rings (SSSR count). The van der Waals surface area contributed by atoms with E-state index >= 15 is 0 Å². The molecule has 1 aliphatic carbocycles. The van der Waals surface area contributed by atoms with Crippen LogP contribution in [0.1, 0.15) is 6.42 Å². The molecule has 4 heteroatoms. The number of rotatable bonds is 0. The first kappa shape index (κ1) is 7.55. The highest BCUT2D eigenvalue weighted by atomic mass is 79.9. The van der Waals surface area contributed by atoms with Crippen LogP contribution in [0.4, 0.5) is 0 Å². The topological polar surface area (TPSA) is 46.5 Å². The van der Waals surface area contributed by atoms with E-state index in [2.05, 4.69) is 15.9 Å². The van der Waals surface area contributed by atoms with Gasteiger partial charge in [0.05, 0.1) is 18.6 Å². The zero-order chi connectivity index (χ0) is 8.01. The van der Waals surface area contributed by atoms with Crippen LogP contribution >= 0.6 is 15.9 Å². The molecule has 11 heavy (non-hydrogen) atoms. The molecule has 0 radical (unpaired) electrons.